The fourth-order valence-electron chi connectivity index (χ4n) is 6.54. The van der Waals surface area contributed by atoms with Gasteiger partial charge in [0.15, 0.2) is 17.5 Å². The summed E-state index contributed by atoms with van der Waals surface area (Å²) in [7, 11) is 0. The monoisotopic (exact) mass is 612 g/mol. The van der Waals surface area contributed by atoms with E-state index in [0.29, 0.717) is 17.5 Å². The van der Waals surface area contributed by atoms with Crippen molar-refractivity contribution in [1.29, 1.82) is 0 Å². The van der Waals surface area contributed by atoms with Gasteiger partial charge in [-0.3, -0.25) is 0 Å². The quantitative estimate of drug-likeness (QED) is 0.181. The summed E-state index contributed by atoms with van der Waals surface area (Å²) in [6.07, 6.45) is 0. The van der Waals surface area contributed by atoms with Gasteiger partial charge >= 0.3 is 0 Å². The van der Waals surface area contributed by atoms with Crippen molar-refractivity contribution in [2.75, 3.05) is 0 Å². The minimum absolute atomic E-state index is 0.648. The van der Waals surface area contributed by atoms with E-state index in [2.05, 4.69) is 103 Å². The van der Waals surface area contributed by atoms with E-state index in [9.17, 15) is 0 Å². The summed E-state index contributed by atoms with van der Waals surface area (Å²) in [4.78, 5) is 19.8. The molecular formula is C44H28N4. The highest BCUT2D eigenvalue weighted by molar-refractivity contribution is 6.11. The number of hydrogen-bond donors (Lipinski definition) is 0. The second-order valence-corrected chi connectivity index (χ2v) is 11.9. The maximum Gasteiger partial charge on any atom is 0.164 e. The maximum absolute atomic E-state index is 5.10. The summed E-state index contributed by atoms with van der Waals surface area (Å²) in [6.45, 7) is 0. The summed E-state index contributed by atoms with van der Waals surface area (Å²) in [5.74, 6) is 1.96. The van der Waals surface area contributed by atoms with Crippen LogP contribution in [0.2, 0.25) is 0 Å². The minimum Gasteiger partial charge on any atom is -0.247 e. The molecule has 0 bridgehead atoms. The van der Waals surface area contributed by atoms with Crippen LogP contribution in [-0.2, 0) is 0 Å². The molecule has 9 aromatic rings. The van der Waals surface area contributed by atoms with Crippen LogP contribution in [0.25, 0.3) is 89.0 Å². The van der Waals surface area contributed by atoms with Crippen molar-refractivity contribution in [3.63, 3.8) is 0 Å². The molecule has 0 atom stereocenters. The van der Waals surface area contributed by atoms with Gasteiger partial charge in [-0.05, 0) is 39.4 Å². The average Bonchev–Trinajstić information content (AvgIpc) is 3.18. The molecule has 0 aliphatic heterocycles. The first-order valence-corrected chi connectivity index (χ1v) is 16.1. The Morgan fingerprint density at radius 1 is 0.292 bits per heavy atom. The Labute approximate surface area is 278 Å². The van der Waals surface area contributed by atoms with Crippen LogP contribution in [0.5, 0.6) is 0 Å². The van der Waals surface area contributed by atoms with Gasteiger partial charge in [0.05, 0.1) is 11.2 Å². The molecule has 224 valence electrons. The number of pyridine rings is 1. The topological polar surface area (TPSA) is 51.6 Å². The van der Waals surface area contributed by atoms with Gasteiger partial charge in [0.1, 0.15) is 0 Å². The Balaban J connectivity index is 1.11. The van der Waals surface area contributed by atoms with E-state index in [0.717, 1.165) is 49.8 Å². The standard InChI is InChI=1S/C44H28N4/c1-3-12-31(13-4-1)42-46-43(32-14-5-2-6-15-32)48-44(47-42)34-26-27-36-33(28-34)16-11-20-35(36)29-22-24-30(25-23-29)41-39-19-8-7-17-37(39)38-18-9-10-21-40(38)45-41/h1-28H. The summed E-state index contributed by atoms with van der Waals surface area (Å²) in [6, 6.07) is 58.8. The van der Waals surface area contributed by atoms with Crippen molar-refractivity contribution in [2.24, 2.45) is 0 Å². The van der Waals surface area contributed by atoms with Gasteiger partial charge in [-0.1, -0.05) is 158 Å². The molecule has 0 N–H and O–H groups in total. The van der Waals surface area contributed by atoms with Crippen LogP contribution in [-0.4, -0.2) is 19.9 Å². The Morgan fingerprint density at radius 2 is 0.833 bits per heavy atom. The Morgan fingerprint density at radius 3 is 1.52 bits per heavy atom. The number of benzene rings is 7. The predicted molar refractivity (Wildman–Crippen MR) is 197 cm³/mol. The average molecular weight is 613 g/mol. The second kappa shape index (κ2) is 11.7. The van der Waals surface area contributed by atoms with Crippen LogP contribution >= 0.6 is 0 Å². The fourth-order valence-corrected chi connectivity index (χ4v) is 6.54. The van der Waals surface area contributed by atoms with E-state index in [1.165, 1.54) is 21.7 Å². The molecular weight excluding hydrogens is 585 g/mol. The van der Waals surface area contributed by atoms with Crippen molar-refractivity contribution < 1.29 is 0 Å². The van der Waals surface area contributed by atoms with Gasteiger partial charge in [0.25, 0.3) is 0 Å². The van der Waals surface area contributed by atoms with Crippen LogP contribution < -0.4 is 0 Å². The summed E-state index contributed by atoms with van der Waals surface area (Å²) >= 11 is 0. The third kappa shape index (κ3) is 4.97. The molecule has 0 fully saturated rings. The molecule has 0 radical (unpaired) electrons. The molecule has 0 aliphatic carbocycles. The first-order valence-electron chi connectivity index (χ1n) is 16.1. The Hall–Kier alpha value is -6.52. The summed E-state index contributed by atoms with van der Waals surface area (Å²) in [5, 5.41) is 5.85. The van der Waals surface area contributed by atoms with E-state index < -0.39 is 0 Å². The van der Waals surface area contributed by atoms with Crippen LogP contribution in [0.1, 0.15) is 0 Å². The highest BCUT2D eigenvalue weighted by Gasteiger charge is 2.14. The van der Waals surface area contributed by atoms with Crippen LogP contribution in [0.3, 0.4) is 0 Å². The van der Waals surface area contributed by atoms with Crippen molar-refractivity contribution in [3.05, 3.63) is 170 Å². The van der Waals surface area contributed by atoms with Crippen molar-refractivity contribution in [3.8, 4) is 56.5 Å². The smallest absolute Gasteiger partial charge is 0.164 e. The molecule has 2 aromatic heterocycles. The van der Waals surface area contributed by atoms with E-state index in [1.54, 1.807) is 0 Å². The molecule has 0 unspecified atom stereocenters. The lowest BCUT2D eigenvalue weighted by Gasteiger charge is -2.12. The van der Waals surface area contributed by atoms with Gasteiger partial charge in [-0.15, -0.1) is 0 Å². The van der Waals surface area contributed by atoms with Crippen LogP contribution in [0.4, 0.5) is 0 Å². The van der Waals surface area contributed by atoms with Gasteiger partial charge in [-0.2, -0.15) is 0 Å². The van der Waals surface area contributed by atoms with E-state index in [-0.39, 0.29) is 0 Å². The maximum atomic E-state index is 5.10. The van der Waals surface area contributed by atoms with Gasteiger partial charge < -0.3 is 0 Å². The number of nitrogens with zero attached hydrogens (tertiary/aromatic N) is 4. The van der Waals surface area contributed by atoms with E-state index in [1.807, 2.05) is 66.7 Å². The zero-order chi connectivity index (χ0) is 31.9. The number of hydrogen-bond acceptors (Lipinski definition) is 4. The molecule has 0 amide bonds. The first kappa shape index (κ1) is 27.8. The fraction of sp³-hybridized carbons (Fsp3) is 0. The number of aromatic nitrogens is 4. The molecule has 0 spiro atoms. The van der Waals surface area contributed by atoms with Crippen LogP contribution in [0.15, 0.2) is 170 Å². The Bertz CT molecular complexity index is 2540. The summed E-state index contributed by atoms with van der Waals surface area (Å²) in [5.41, 5.74) is 8.29. The normalized spacial score (nSPS) is 11.3. The third-order valence-corrected chi connectivity index (χ3v) is 8.92. The third-order valence-electron chi connectivity index (χ3n) is 8.92. The second-order valence-electron chi connectivity index (χ2n) is 11.9. The predicted octanol–water partition coefficient (Wildman–Crippen LogP) is 11.1. The molecule has 7 aromatic carbocycles. The van der Waals surface area contributed by atoms with E-state index in [4.69, 9.17) is 19.9 Å². The van der Waals surface area contributed by atoms with Crippen molar-refractivity contribution in [1.82, 2.24) is 19.9 Å². The number of para-hydroxylation sites is 1. The molecule has 4 heteroatoms. The molecule has 9 rings (SSSR count). The SMILES string of the molecule is c1ccc(-c2nc(-c3ccccc3)nc(-c3ccc4c(-c5ccc(-c6nc7ccccc7c7ccccc67)cc5)cccc4c3)n2)cc1. The molecule has 2 heterocycles. The molecule has 0 aliphatic rings. The largest absolute Gasteiger partial charge is 0.247 e. The highest BCUT2D eigenvalue weighted by atomic mass is 15.0. The van der Waals surface area contributed by atoms with Crippen molar-refractivity contribution in [2.45, 2.75) is 0 Å². The van der Waals surface area contributed by atoms with Crippen LogP contribution in [0, 0.1) is 0 Å². The lowest BCUT2D eigenvalue weighted by atomic mass is 9.95. The van der Waals surface area contributed by atoms with Gasteiger partial charge in [0.2, 0.25) is 0 Å². The molecule has 4 nitrogen and oxygen atoms in total. The number of fused-ring (bicyclic) bond motifs is 4. The molecule has 0 saturated carbocycles. The summed E-state index contributed by atoms with van der Waals surface area (Å²) < 4.78 is 0. The minimum atomic E-state index is 0.648. The number of rotatable bonds is 5. The lowest BCUT2D eigenvalue weighted by molar-refractivity contribution is 1.07. The zero-order valence-electron chi connectivity index (χ0n) is 26.0. The van der Waals surface area contributed by atoms with Crippen molar-refractivity contribution >= 4 is 32.4 Å². The Kier molecular flexibility index (Phi) is 6.76. The van der Waals surface area contributed by atoms with E-state index >= 15 is 0 Å². The molecule has 0 saturated heterocycles. The van der Waals surface area contributed by atoms with Gasteiger partial charge in [0, 0.05) is 33.0 Å². The highest BCUT2D eigenvalue weighted by Crippen LogP contribution is 2.36. The zero-order valence-corrected chi connectivity index (χ0v) is 26.0. The molecule has 48 heavy (non-hydrogen) atoms. The lowest BCUT2D eigenvalue weighted by Crippen LogP contribution is -2.00. The van der Waals surface area contributed by atoms with Gasteiger partial charge in [-0.25, -0.2) is 19.9 Å². The first-order chi connectivity index (χ1) is 23.8.